The number of benzene rings is 3. The predicted octanol–water partition coefficient (Wildman–Crippen LogP) is 5.52. The van der Waals surface area contributed by atoms with Gasteiger partial charge in [-0.3, -0.25) is 4.79 Å². The van der Waals surface area contributed by atoms with Crippen LogP contribution in [-0.2, 0) is 16.0 Å². The van der Waals surface area contributed by atoms with Gasteiger partial charge in [-0.25, -0.2) is 0 Å². The molecule has 1 heterocycles. The predicted molar refractivity (Wildman–Crippen MR) is 123 cm³/mol. The van der Waals surface area contributed by atoms with Crippen molar-refractivity contribution in [1.82, 2.24) is 4.98 Å². The number of carbonyl (C=O) groups excluding carboxylic acids is 1. The number of hydrogen-bond acceptors (Lipinski definition) is 5. The van der Waals surface area contributed by atoms with Gasteiger partial charge in [0.15, 0.2) is 0 Å². The molecular weight excluding hydrogens is 406 g/mol. The summed E-state index contributed by atoms with van der Waals surface area (Å²) in [7, 11) is 1.39. The lowest BCUT2D eigenvalue weighted by Gasteiger charge is -2.10. The summed E-state index contributed by atoms with van der Waals surface area (Å²) in [5, 5.41) is 0.958. The topological polar surface area (TPSA) is 69.8 Å². The third-order valence-electron chi connectivity index (χ3n) is 4.91. The van der Waals surface area contributed by atoms with Gasteiger partial charge < -0.3 is 23.9 Å². The third kappa shape index (κ3) is 5.60. The molecule has 0 unspecified atom stereocenters. The molecule has 3 aromatic carbocycles. The Morgan fingerprint density at radius 2 is 1.53 bits per heavy atom. The van der Waals surface area contributed by atoms with Crippen molar-refractivity contribution in [3.8, 4) is 23.0 Å². The minimum atomic E-state index is -0.271. The van der Waals surface area contributed by atoms with Crippen LogP contribution in [0.4, 0.5) is 0 Å². The first-order valence-electron chi connectivity index (χ1n) is 10.5. The molecule has 0 aliphatic heterocycles. The molecule has 1 aromatic heterocycles. The maximum absolute atomic E-state index is 11.6. The highest BCUT2D eigenvalue weighted by molar-refractivity contribution is 5.88. The molecule has 0 amide bonds. The van der Waals surface area contributed by atoms with E-state index >= 15 is 0 Å². The van der Waals surface area contributed by atoms with Crippen LogP contribution >= 0.6 is 0 Å². The first-order valence-corrected chi connectivity index (χ1v) is 10.5. The van der Waals surface area contributed by atoms with Gasteiger partial charge in [0.05, 0.1) is 26.7 Å². The van der Waals surface area contributed by atoms with Crippen molar-refractivity contribution in [1.29, 1.82) is 0 Å². The Kier molecular flexibility index (Phi) is 6.92. The lowest BCUT2D eigenvalue weighted by Crippen LogP contribution is -2.05. The van der Waals surface area contributed by atoms with Crippen molar-refractivity contribution in [2.75, 3.05) is 20.3 Å². The molecule has 0 saturated heterocycles. The Hall–Kier alpha value is -3.93. The van der Waals surface area contributed by atoms with Crippen molar-refractivity contribution in [2.24, 2.45) is 0 Å². The summed E-state index contributed by atoms with van der Waals surface area (Å²) in [6, 6.07) is 23.0. The lowest BCUT2D eigenvalue weighted by atomic mass is 10.1. The van der Waals surface area contributed by atoms with Crippen LogP contribution in [0.2, 0.25) is 0 Å². The molecule has 0 radical (unpaired) electrons. The van der Waals surface area contributed by atoms with E-state index < -0.39 is 0 Å². The van der Waals surface area contributed by atoms with Gasteiger partial charge in [0.1, 0.15) is 23.0 Å². The summed E-state index contributed by atoms with van der Waals surface area (Å²) in [6.07, 6.45) is 2.78. The summed E-state index contributed by atoms with van der Waals surface area (Å²) in [4.78, 5) is 14.8. The van der Waals surface area contributed by atoms with Gasteiger partial charge in [0.2, 0.25) is 0 Å². The van der Waals surface area contributed by atoms with E-state index in [-0.39, 0.29) is 12.4 Å². The molecular formula is C26H25NO5. The van der Waals surface area contributed by atoms with E-state index in [1.807, 2.05) is 79.0 Å². The second-order valence-electron chi connectivity index (χ2n) is 7.21. The summed E-state index contributed by atoms with van der Waals surface area (Å²) >= 11 is 0. The number of H-pyrrole nitrogens is 1. The van der Waals surface area contributed by atoms with E-state index in [1.54, 1.807) is 0 Å². The average Bonchev–Trinajstić information content (AvgIpc) is 3.21. The van der Waals surface area contributed by atoms with Crippen LogP contribution in [0.15, 0.2) is 79.0 Å². The molecule has 164 valence electrons. The Labute approximate surface area is 186 Å². The highest BCUT2D eigenvalue weighted by Gasteiger charge is 2.10. The first kappa shape index (κ1) is 21.3. The van der Waals surface area contributed by atoms with Crippen LogP contribution in [0.5, 0.6) is 23.0 Å². The minimum absolute atomic E-state index is 0.223. The summed E-state index contributed by atoms with van der Waals surface area (Å²) < 4.78 is 22.3. The number of rotatable bonds is 10. The highest BCUT2D eigenvalue weighted by Crippen LogP contribution is 2.26. The molecule has 6 nitrogen and oxygen atoms in total. The molecule has 0 saturated carbocycles. The van der Waals surface area contributed by atoms with Crippen LogP contribution < -0.4 is 14.2 Å². The molecule has 1 N–H and O–H groups in total. The number of aromatic nitrogens is 1. The quantitative estimate of drug-likeness (QED) is 0.264. The molecule has 0 bridgehead atoms. The van der Waals surface area contributed by atoms with Crippen LogP contribution in [0.25, 0.3) is 10.9 Å². The SMILES string of the molecule is COC(=O)Cc1c[nH]c2ccc(OCCCOc3cccc(Oc4ccccc4)c3)cc12. The number of fused-ring (bicyclic) bond motifs is 1. The largest absolute Gasteiger partial charge is 0.493 e. The van der Waals surface area contributed by atoms with Gasteiger partial charge in [0.25, 0.3) is 0 Å². The smallest absolute Gasteiger partial charge is 0.310 e. The Balaban J connectivity index is 1.26. The summed E-state index contributed by atoms with van der Waals surface area (Å²) in [5.74, 6) is 2.74. The number of para-hydroxylation sites is 1. The van der Waals surface area contributed by atoms with Crippen LogP contribution in [-0.4, -0.2) is 31.3 Å². The lowest BCUT2D eigenvalue weighted by molar-refractivity contribution is -0.139. The van der Waals surface area contributed by atoms with Crippen molar-refractivity contribution in [2.45, 2.75) is 12.8 Å². The number of carbonyl (C=O) groups is 1. The second-order valence-corrected chi connectivity index (χ2v) is 7.21. The third-order valence-corrected chi connectivity index (χ3v) is 4.91. The van der Waals surface area contributed by atoms with Gasteiger partial charge in [-0.1, -0.05) is 24.3 Å². The zero-order valence-electron chi connectivity index (χ0n) is 17.9. The molecule has 0 spiro atoms. The molecule has 0 aliphatic carbocycles. The molecule has 4 rings (SSSR count). The number of hydrogen-bond donors (Lipinski definition) is 1. The van der Waals surface area contributed by atoms with Crippen molar-refractivity contribution in [3.05, 3.63) is 84.6 Å². The zero-order chi connectivity index (χ0) is 22.2. The fourth-order valence-corrected chi connectivity index (χ4v) is 3.31. The Morgan fingerprint density at radius 3 is 2.31 bits per heavy atom. The summed E-state index contributed by atoms with van der Waals surface area (Å²) in [6.45, 7) is 1.04. The van der Waals surface area contributed by atoms with Crippen molar-refractivity contribution >= 4 is 16.9 Å². The van der Waals surface area contributed by atoms with Crippen molar-refractivity contribution < 1.29 is 23.7 Å². The van der Waals surface area contributed by atoms with E-state index in [9.17, 15) is 4.79 Å². The highest BCUT2D eigenvalue weighted by atomic mass is 16.5. The maximum atomic E-state index is 11.6. The molecule has 32 heavy (non-hydrogen) atoms. The van der Waals surface area contributed by atoms with Gasteiger partial charge in [-0.05, 0) is 48.0 Å². The van der Waals surface area contributed by atoms with Gasteiger partial charge >= 0.3 is 5.97 Å². The fraction of sp³-hybridized carbons (Fsp3) is 0.192. The normalized spacial score (nSPS) is 10.7. The molecule has 0 fully saturated rings. The standard InChI is InChI=1S/C26H25NO5/c1-29-26(28)15-19-18-27-25-12-11-22(17-24(19)25)31-14-6-13-30-21-9-5-10-23(16-21)32-20-7-3-2-4-8-20/h2-5,7-12,16-18,27H,6,13-15H2,1H3. The van der Waals surface area contributed by atoms with Gasteiger partial charge in [-0.2, -0.15) is 0 Å². The van der Waals surface area contributed by atoms with Gasteiger partial charge in [-0.15, -0.1) is 0 Å². The fourth-order valence-electron chi connectivity index (χ4n) is 3.31. The van der Waals surface area contributed by atoms with E-state index in [4.69, 9.17) is 18.9 Å². The number of nitrogens with one attached hydrogen (secondary N) is 1. The number of aromatic amines is 1. The van der Waals surface area contributed by atoms with E-state index in [0.29, 0.717) is 13.2 Å². The molecule has 0 aliphatic rings. The van der Waals surface area contributed by atoms with Crippen LogP contribution in [0.3, 0.4) is 0 Å². The van der Waals surface area contributed by atoms with Crippen molar-refractivity contribution in [3.63, 3.8) is 0 Å². The van der Waals surface area contributed by atoms with Crippen LogP contribution in [0.1, 0.15) is 12.0 Å². The molecule has 4 aromatic rings. The molecule has 6 heteroatoms. The summed E-state index contributed by atoms with van der Waals surface area (Å²) in [5.41, 5.74) is 1.84. The zero-order valence-corrected chi connectivity index (χ0v) is 17.9. The Morgan fingerprint density at radius 1 is 0.812 bits per heavy atom. The monoisotopic (exact) mass is 431 g/mol. The molecule has 0 atom stereocenters. The average molecular weight is 431 g/mol. The van der Waals surface area contributed by atoms with E-state index in [0.717, 1.165) is 45.9 Å². The van der Waals surface area contributed by atoms with Gasteiger partial charge in [0, 0.05) is 29.6 Å². The Bertz CT molecular complexity index is 1170. The first-order chi connectivity index (χ1) is 15.7. The van der Waals surface area contributed by atoms with E-state index in [2.05, 4.69) is 4.98 Å². The number of methoxy groups -OCH3 is 1. The second kappa shape index (κ2) is 10.4. The maximum Gasteiger partial charge on any atom is 0.310 e. The van der Waals surface area contributed by atoms with Crippen LogP contribution in [0, 0.1) is 0 Å². The minimum Gasteiger partial charge on any atom is -0.493 e. The number of esters is 1. The number of ether oxygens (including phenoxy) is 4. The van der Waals surface area contributed by atoms with E-state index in [1.165, 1.54) is 7.11 Å².